The van der Waals surface area contributed by atoms with E-state index < -0.39 is 0 Å². The molecule has 1 fully saturated rings. The maximum atomic E-state index is 5.86. The summed E-state index contributed by atoms with van der Waals surface area (Å²) in [5.74, 6) is 0. The van der Waals surface area contributed by atoms with Crippen molar-refractivity contribution in [3.05, 3.63) is 30.3 Å². The average molecular weight is 190 g/mol. The molecule has 0 saturated heterocycles. The molecule has 1 aromatic rings. The van der Waals surface area contributed by atoms with Crippen molar-refractivity contribution in [2.45, 2.75) is 37.8 Å². The quantitative estimate of drug-likeness (QED) is 0.751. The van der Waals surface area contributed by atoms with Gasteiger partial charge in [-0.2, -0.15) is 0 Å². The Balaban J connectivity index is 1.87. The second kappa shape index (κ2) is 4.47. The van der Waals surface area contributed by atoms with E-state index in [0.717, 1.165) is 12.8 Å². The van der Waals surface area contributed by atoms with Crippen LogP contribution in [0.25, 0.3) is 0 Å². The van der Waals surface area contributed by atoms with Crippen LogP contribution in [-0.4, -0.2) is 12.1 Å². The van der Waals surface area contributed by atoms with E-state index in [-0.39, 0.29) is 0 Å². The third-order valence-electron chi connectivity index (χ3n) is 2.92. The third kappa shape index (κ3) is 2.48. The van der Waals surface area contributed by atoms with E-state index in [1.54, 1.807) is 0 Å². The van der Waals surface area contributed by atoms with E-state index in [1.165, 1.54) is 18.5 Å². The summed E-state index contributed by atoms with van der Waals surface area (Å²) in [5.41, 5.74) is 7.09. The highest BCUT2D eigenvalue weighted by atomic mass is 14.9. The van der Waals surface area contributed by atoms with Crippen LogP contribution in [-0.2, 0) is 0 Å². The molecule has 0 amide bonds. The van der Waals surface area contributed by atoms with Crippen LogP contribution in [0.1, 0.15) is 25.7 Å². The summed E-state index contributed by atoms with van der Waals surface area (Å²) in [7, 11) is 0. The van der Waals surface area contributed by atoms with Crippen LogP contribution in [0, 0.1) is 0 Å². The van der Waals surface area contributed by atoms with E-state index in [9.17, 15) is 0 Å². The Hall–Kier alpha value is -1.02. The zero-order chi connectivity index (χ0) is 9.80. The third-order valence-corrected chi connectivity index (χ3v) is 2.92. The number of para-hydroxylation sites is 1. The number of nitrogens with one attached hydrogen (secondary N) is 1. The van der Waals surface area contributed by atoms with Crippen LogP contribution in [0.3, 0.4) is 0 Å². The van der Waals surface area contributed by atoms with Crippen LogP contribution >= 0.6 is 0 Å². The first-order chi connectivity index (χ1) is 6.84. The molecule has 0 bridgehead atoms. The lowest BCUT2D eigenvalue weighted by Gasteiger charge is -2.27. The lowest BCUT2D eigenvalue weighted by atomic mass is 9.92. The molecule has 76 valence electrons. The molecule has 0 unspecified atom stereocenters. The molecule has 1 aromatic carbocycles. The van der Waals surface area contributed by atoms with Gasteiger partial charge in [-0.1, -0.05) is 18.2 Å². The molecule has 0 aromatic heterocycles. The molecular weight excluding hydrogens is 172 g/mol. The second-order valence-electron chi connectivity index (χ2n) is 4.12. The highest BCUT2D eigenvalue weighted by Crippen LogP contribution is 2.20. The van der Waals surface area contributed by atoms with Gasteiger partial charge in [-0.25, -0.2) is 0 Å². The van der Waals surface area contributed by atoms with Gasteiger partial charge < -0.3 is 11.1 Å². The van der Waals surface area contributed by atoms with Crippen molar-refractivity contribution < 1.29 is 0 Å². The Morgan fingerprint density at radius 1 is 1.00 bits per heavy atom. The molecule has 2 heteroatoms. The van der Waals surface area contributed by atoms with Gasteiger partial charge in [-0.05, 0) is 37.8 Å². The Kier molecular flexibility index (Phi) is 3.04. The summed E-state index contributed by atoms with van der Waals surface area (Å²) in [4.78, 5) is 0. The molecule has 0 spiro atoms. The monoisotopic (exact) mass is 190 g/mol. The summed E-state index contributed by atoms with van der Waals surface area (Å²) in [6.07, 6.45) is 4.72. The predicted octanol–water partition coefficient (Wildman–Crippen LogP) is 2.37. The fraction of sp³-hybridized carbons (Fsp3) is 0.500. The summed E-state index contributed by atoms with van der Waals surface area (Å²) in [6, 6.07) is 11.5. The average Bonchev–Trinajstić information content (AvgIpc) is 2.23. The van der Waals surface area contributed by atoms with Gasteiger partial charge in [0.2, 0.25) is 0 Å². The molecular formula is C12H18N2. The Bertz CT molecular complexity index is 263. The van der Waals surface area contributed by atoms with Crippen LogP contribution in [0.4, 0.5) is 5.69 Å². The first-order valence-corrected chi connectivity index (χ1v) is 5.42. The normalized spacial score (nSPS) is 27.2. The van der Waals surface area contributed by atoms with E-state index in [4.69, 9.17) is 5.73 Å². The molecule has 2 rings (SSSR count). The molecule has 0 heterocycles. The molecule has 0 atom stereocenters. The van der Waals surface area contributed by atoms with Crippen molar-refractivity contribution in [1.29, 1.82) is 0 Å². The minimum absolute atomic E-state index is 0.434. The Morgan fingerprint density at radius 2 is 1.64 bits per heavy atom. The zero-order valence-corrected chi connectivity index (χ0v) is 8.45. The topological polar surface area (TPSA) is 38.0 Å². The van der Waals surface area contributed by atoms with Crippen LogP contribution in [0.15, 0.2) is 30.3 Å². The lowest BCUT2D eigenvalue weighted by Crippen LogP contribution is -2.32. The fourth-order valence-electron chi connectivity index (χ4n) is 2.03. The smallest absolute Gasteiger partial charge is 0.0342 e. The standard InChI is InChI=1S/C12H18N2/c13-10-6-8-12(9-7-10)14-11-4-2-1-3-5-11/h1-5,10,12,14H,6-9,13H2. The predicted molar refractivity (Wildman–Crippen MR) is 60.3 cm³/mol. The Labute approximate surface area is 85.5 Å². The van der Waals surface area contributed by atoms with Crippen LogP contribution in [0.5, 0.6) is 0 Å². The number of hydrogen-bond acceptors (Lipinski definition) is 2. The number of anilines is 1. The number of nitrogens with two attached hydrogens (primary N) is 1. The van der Waals surface area contributed by atoms with Gasteiger partial charge in [-0.3, -0.25) is 0 Å². The van der Waals surface area contributed by atoms with Crippen molar-refractivity contribution in [2.24, 2.45) is 5.73 Å². The minimum atomic E-state index is 0.434. The van der Waals surface area contributed by atoms with E-state index in [0.29, 0.717) is 12.1 Å². The number of rotatable bonds is 2. The van der Waals surface area contributed by atoms with Gasteiger partial charge in [-0.15, -0.1) is 0 Å². The Morgan fingerprint density at radius 3 is 2.29 bits per heavy atom. The molecule has 1 aliphatic carbocycles. The second-order valence-corrected chi connectivity index (χ2v) is 4.12. The summed E-state index contributed by atoms with van der Waals surface area (Å²) in [6.45, 7) is 0. The number of benzene rings is 1. The van der Waals surface area contributed by atoms with Crippen molar-refractivity contribution in [3.63, 3.8) is 0 Å². The lowest BCUT2D eigenvalue weighted by molar-refractivity contribution is 0.411. The van der Waals surface area contributed by atoms with E-state index in [1.807, 2.05) is 6.07 Å². The highest BCUT2D eigenvalue weighted by Gasteiger charge is 2.17. The van der Waals surface area contributed by atoms with Gasteiger partial charge in [0.15, 0.2) is 0 Å². The van der Waals surface area contributed by atoms with Gasteiger partial charge in [0.05, 0.1) is 0 Å². The van der Waals surface area contributed by atoms with Crippen molar-refractivity contribution >= 4 is 5.69 Å². The molecule has 1 saturated carbocycles. The summed E-state index contributed by atoms with van der Waals surface area (Å²) in [5, 5.41) is 3.55. The molecule has 3 N–H and O–H groups in total. The van der Waals surface area contributed by atoms with Crippen LogP contribution < -0.4 is 11.1 Å². The van der Waals surface area contributed by atoms with Crippen molar-refractivity contribution in [2.75, 3.05) is 5.32 Å². The molecule has 1 aliphatic rings. The first-order valence-electron chi connectivity index (χ1n) is 5.42. The van der Waals surface area contributed by atoms with Crippen molar-refractivity contribution in [1.82, 2.24) is 0 Å². The van der Waals surface area contributed by atoms with E-state index >= 15 is 0 Å². The zero-order valence-electron chi connectivity index (χ0n) is 8.45. The molecule has 0 radical (unpaired) electrons. The maximum absolute atomic E-state index is 5.86. The van der Waals surface area contributed by atoms with Gasteiger partial charge in [0.1, 0.15) is 0 Å². The summed E-state index contributed by atoms with van der Waals surface area (Å²) < 4.78 is 0. The highest BCUT2D eigenvalue weighted by molar-refractivity contribution is 5.43. The van der Waals surface area contributed by atoms with Crippen molar-refractivity contribution in [3.8, 4) is 0 Å². The van der Waals surface area contributed by atoms with Crippen LogP contribution in [0.2, 0.25) is 0 Å². The molecule has 2 nitrogen and oxygen atoms in total. The number of hydrogen-bond donors (Lipinski definition) is 2. The minimum Gasteiger partial charge on any atom is -0.382 e. The largest absolute Gasteiger partial charge is 0.382 e. The van der Waals surface area contributed by atoms with Gasteiger partial charge in [0, 0.05) is 17.8 Å². The van der Waals surface area contributed by atoms with Gasteiger partial charge >= 0.3 is 0 Å². The first kappa shape index (κ1) is 9.53. The maximum Gasteiger partial charge on any atom is 0.0342 e. The molecule has 14 heavy (non-hydrogen) atoms. The van der Waals surface area contributed by atoms with Gasteiger partial charge in [0.25, 0.3) is 0 Å². The molecule has 0 aliphatic heterocycles. The fourth-order valence-corrected chi connectivity index (χ4v) is 2.03. The SMILES string of the molecule is NC1CCC(Nc2ccccc2)CC1. The van der Waals surface area contributed by atoms with E-state index in [2.05, 4.69) is 29.6 Å². The summed E-state index contributed by atoms with van der Waals surface area (Å²) >= 11 is 0.